The molecule has 0 saturated heterocycles. The highest BCUT2D eigenvalue weighted by molar-refractivity contribution is 5.77. The van der Waals surface area contributed by atoms with E-state index in [1.807, 2.05) is 25.1 Å². The molecule has 1 aromatic rings. The molecule has 1 rings (SSSR count). The SMILES string of the molecule is CCCNC(=O)CNCc1cc(OC)ccc1OC. The number of methoxy groups -OCH3 is 2. The highest BCUT2D eigenvalue weighted by Crippen LogP contribution is 2.23. The second-order valence-electron chi connectivity index (χ2n) is 4.13. The average Bonchev–Trinajstić information content (AvgIpc) is 2.44. The van der Waals surface area contributed by atoms with Crippen molar-refractivity contribution in [1.29, 1.82) is 0 Å². The first-order valence-electron chi connectivity index (χ1n) is 6.39. The number of amides is 1. The van der Waals surface area contributed by atoms with E-state index in [2.05, 4.69) is 10.6 Å². The van der Waals surface area contributed by atoms with Crippen LogP contribution < -0.4 is 20.1 Å². The maximum Gasteiger partial charge on any atom is 0.233 e. The molecule has 0 aliphatic rings. The first kappa shape index (κ1) is 15.3. The van der Waals surface area contributed by atoms with Gasteiger partial charge in [0.15, 0.2) is 0 Å². The number of carbonyl (C=O) groups is 1. The minimum absolute atomic E-state index is 0.00344. The van der Waals surface area contributed by atoms with E-state index >= 15 is 0 Å². The van der Waals surface area contributed by atoms with E-state index in [4.69, 9.17) is 9.47 Å². The van der Waals surface area contributed by atoms with Crippen molar-refractivity contribution in [3.8, 4) is 11.5 Å². The monoisotopic (exact) mass is 266 g/mol. The van der Waals surface area contributed by atoms with E-state index in [0.717, 1.165) is 23.5 Å². The number of benzene rings is 1. The summed E-state index contributed by atoms with van der Waals surface area (Å²) in [5.74, 6) is 1.55. The maximum absolute atomic E-state index is 11.4. The first-order valence-corrected chi connectivity index (χ1v) is 6.39. The Balaban J connectivity index is 2.49. The fourth-order valence-electron chi connectivity index (χ4n) is 1.66. The van der Waals surface area contributed by atoms with Gasteiger partial charge in [-0.25, -0.2) is 0 Å². The molecule has 19 heavy (non-hydrogen) atoms. The minimum atomic E-state index is 0.00344. The zero-order valence-corrected chi connectivity index (χ0v) is 11.8. The third-order valence-corrected chi connectivity index (χ3v) is 2.66. The van der Waals surface area contributed by atoms with Gasteiger partial charge < -0.3 is 20.1 Å². The molecule has 106 valence electrons. The predicted octanol–water partition coefficient (Wildman–Crippen LogP) is 1.32. The first-order chi connectivity index (χ1) is 9.21. The van der Waals surface area contributed by atoms with Crippen LogP contribution in [0.3, 0.4) is 0 Å². The van der Waals surface area contributed by atoms with E-state index in [-0.39, 0.29) is 5.91 Å². The normalized spacial score (nSPS) is 10.1. The molecule has 0 aliphatic heterocycles. The van der Waals surface area contributed by atoms with Gasteiger partial charge in [-0.2, -0.15) is 0 Å². The third kappa shape index (κ3) is 5.18. The van der Waals surface area contributed by atoms with Crippen molar-refractivity contribution in [2.24, 2.45) is 0 Å². The second-order valence-corrected chi connectivity index (χ2v) is 4.13. The second kappa shape index (κ2) is 8.37. The van der Waals surface area contributed by atoms with Crippen LogP contribution >= 0.6 is 0 Å². The molecule has 0 saturated carbocycles. The Morgan fingerprint density at radius 3 is 2.68 bits per heavy atom. The summed E-state index contributed by atoms with van der Waals surface area (Å²) in [5.41, 5.74) is 0.963. The van der Waals surface area contributed by atoms with Crippen LogP contribution in [0.1, 0.15) is 18.9 Å². The van der Waals surface area contributed by atoms with Crippen molar-refractivity contribution < 1.29 is 14.3 Å². The molecular formula is C14H22N2O3. The topological polar surface area (TPSA) is 59.6 Å². The molecule has 0 atom stereocenters. The van der Waals surface area contributed by atoms with Gasteiger partial charge >= 0.3 is 0 Å². The van der Waals surface area contributed by atoms with Gasteiger partial charge in [0.25, 0.3) is 0 Å². The smallest absolute Gasteiger partial charge is 0.233 e. The molecule has 5 nitrogen and oxygen atoms in total. The number of rotatable bonds is 8. The highest BCUT2D eigenvalue weighted by Gasteiger charge is 2.06. The van der Waals surface area contributed by atoms with Gasteiger partial charge in [0, 0.05) is 18.7 Å². The molecule has 0 unspecified atom stereocenters. The van der Waals surface area contributed by atoms with Crippen molar-refractivity contribution in [3.63, 3.8) is 0 Å². The molecular weight excluding hydrogens is 244 g/mol. The van der Waals surface area contributed by atoms with Gasteiger partial charge in [0.2, 0.25) is 5.91 Å². The average molecular weight is 266 g/mol. The molecule has 0 bridgehead atoms. The minimum Gasteiger partial charge on any atom is -0.497 e. The summed E-state index contributed by atoms with van der Waals surface area (Å²) in [5, 5.41) is 5.90. The van der Waals surface area contributed by atoms with E-state index in [9.17, 15) is 4.79 Å². The zero-order valence-electron chi connectivity index (χ0n) is 11.8. The lowest BCUT2D eigenvalue weighted by atomic mass is 10.2. The quantitative estimate of drug-likeness (QED) is 0.745. The Hall–Kier alpha value is -1.75. The summed E-state index contributed by atoms with van der Waals surface area (Å²) in [4.78, 5) is 11.4. The summed E-state index contributed by atoms with van der Waals surface area (Å²) in [6.07, 6.45) is 0.940. The molecule has 0 radical (unpaired) electrons. The summed E-state index contributed by atoms with van der Waals surface area (Å²) >= 11 is 0. The van der Waals surface area contributed by atoms with Crippen molar-refractivity contribution in [2.75, 3.05) is 27.3 Å². The predicted molar refractivity (Wildman–Crippen MR) is 74.6 cm³/mol. The zero-order chi connectivity index (χ0) is 14.1. The summed E-state index contributed by atoms with van der Waals surface area (Å²) in [6.45, 7) is 3.58. The van der Waals surface area contributed by atoms with Crippen LogP contribution in [0.25, 0.3) is 0 Å². The van der Waals surface area contributed by atoms with E-state index in [1.165, 1.54) is 0 Å². The molecule has 0 aromatic heterocycles. The maximum atomic E-state index is 11.4. The van der Waals surface area contributed by atoms with Crippen LogP contribution in [0.15, 0.2) is 18.2 Å². The molecule has 0 heterocycles. The lowest BCUT2D eigenvalue weighted by molar-refractivity contribution is -0.120. The Kier molecular flexibility index (Phi) is 6.74. The van der Waals surface area contributed by atoms with Gasteiger partial charge in [-0.15, -0.1) is 0 Å². The lowest BCUT2D eigenvalue weighted by Crippen LogP contribution is -2.34. The van der Waals surface area contributed by atoms with Gasteiger partial charge in [-0.1, -0.05) is 6.92 Å². The Labute approximate surface area is 114 Å². The number of ether oxygens (including phenoxy) is 2. The fraction of sp³-hybridized carbons (Fsp3) is 0.500. The van der Waals surface area contributed by atoms with Gasteiger partial charge in [0.05, 0.1) is 20.8 Å². The van der Waals surface area contributed by atoms with Crippen LogP contribution in [-0.4, -0.2) is 33.2 Å². The standard InChI is InChI=1S/C14H22N2O3/c1-4-7-16-14(17)10-15-9-11-8-12(18-2)5-6-13(11)19-3/h5-6,8,15H,4,7,9-10H2,1-3H3,(H,16,17). The molecule has 0 aliphatic carbocycles. The molecule has 5 heteroatoms. The third-order valence-electron chi connectivity index (χ3n) is 2.66. The van der Waals surface area contributed by atoms with Crippen LogP contribution in [0.4, 0.5) is 0 Å². The Morgan fingerprint density at radius 2 is 2.05 bits per heavy atom. The van der Waals surface area contributed by atoms with Crippen LogP contribution in [0, 0.1) is 0 Å². The summed E-state index contributed by atoms with van der Waals surface area (Å²) in [7, 11) is 3.25. The van der Waals surface area contributed by atoms with Crippen molar-refractivity contribution in [3.05, 3.63) is 23.8 Å². The molecule has 1 amide bonds. The molecule has 1 aromatic carbocycles. The van der Waals surface area contributed by atoms with Crippen molar-refractivity contribution >= 4 is 5.91 Å². The largest absolute Gasteiger partial charge is 0.497 e. The summed E-state index contributed by atoms with van der Waals surface area (Å²) < 4.78 is 10.4. The lowest BCUT2D eigenvalue weighted by Gasteiger charge is -2.11. The van der Waals surface area contributed by atoms with E-state index in [0.29, 0.717) is 19.6 Å². The summed E-state index contributed by atoms with van der Waals surface area (Å²) in [6, 6.07) is 5.60. The van der Waals surface area contributed by atoms with Crippen LogP contribution in [0.2, 0.25) is 0 Å². The van der Waals surface area contributed by atoms with Crippen molar-refractivity contribution in [1.82, 2.24) is 10.6 Å². The van der Waals surface area contributed by atoms with E-state index < -0.39 is 0 Å². The van der Waals surface area contributed by atoms with Crippen molar-refractivity contribution in [2.45, 2.75) is 19.9 Å². The number of carbonyl (C=O) groups excluding carboxylic acids is 1. The number of hydrogen-bond acceptors (Lipinski definition) is 4. The molecule has 0 spiro atoms. The highest BCUT2D eigenvalue weighted by atomic mass is 16.5. The fourth-order valence-corrected chi connectivity index (χ4v) is 1.66. The van der Waals surface area contributed by atoms with Gasteiger partial charge in [0.1, 0.15) is 11.5 Å². The Bertz CT molecular complexity index is 408. The van der Waals surface area contributed by atoms with E-state index in [1.54, 1.807) is 14.2 Å². The van der Waals surface area contributed by atoms with Gasteiger partial charge in [-0.3, -0.25) is 4.79 Å². The Morgan fingerprint density at radius 1 is 1.26 bits per heavy atom. The number of hydrogen-bond donors (Lipinski definition) is 2. The van der Waals surface area contributed by atoms with Crippen LogP contribution in [0.5, 0.6) is 11.5 Å². The molecule has 2 N–H and O–H groups in total. The molecule has 0 fully saturated rings. The number of nitrogens with one attached hydrogen (secondary N) is 2. The van der Waals surface area contributed by atoms with Gasteiger partial charge in [-0.05, 0) is 24.6 Å². The van der Waals surface area contributed by atoms with Crippen LogP contribution in [-0.2, 0) is 11.3 Å².